The van der Waals surface area contributed by atoms with Gasteiger partial charge < -0.3 is 10.4 Å². The van der Waals surface area contributed by atoms with Crippen LogP contribution < -0.4 is 5.32 Å². The van der Waals surface area contributed by atoms with Crippen molar-refractivity contribution in [3.8, 4) is 5.69 Å². The Morgan fingerprint density at radius 3 is 2.34 bits per heavy atom. The van der Waals surface area contributed by atoms with Gasteiger partial charge in [-0.25, -0.2) is 13.5 Å². The van der Waals surface area contributed by atoms with Crippen LogP contribution in [0.5, 0.6) is 0 Å². The van der Waals surface area contributed by atoms with Gasteiger partial charge in [0.1, 0.15) is 11.6 Å². The van der Waals surface area contributed by atoms with Crippen molar-refractivity contribution in [3.05, 3.63) is 89.6 Å². The van der Waals surface area contributed by atoms with E-state index >= 15 is 0 Å². The third kappa shape index (κ3) is 3.91. The molecule has 1 heterocycles. The van der Waals surface area contributed by atoms with Crippen LogP contribution >= 0.6 is 0 Å². The summed E-state index contributed by atoms with van der Waals surface area (Å²) < 4.78 is 70.5. The predicted molar refractivity (Wildman–Crippen MR) is 111 cm³/mol. The maximum atomic E-state index is 14.1. The van der Waals surface area contributed by atoms with E-state index in [-0.39, 0.29) is 5.69 Å². The Kier molecular flexibility index (Phi) is 5.37. The molecule has 4 rings (SSSR count). The highest BCUT2D eigenvalue weighted by Gasteiger charge is 2.55. The monoisotopic (exact) mass is 447 g/mol. The maximum Gasteiger partial charge on any atom is 0.423 e. The molecule has 1 unspecified atom stereocenters. The molecule has 9 heteroatoms. The summed E-state index contributed by atoms with van der Waals surface area (Å²) in [6.07, 6.45) is -3.69. The predicted octanol–water partition coefficient (Wildman–Crippen LogP) is 5.47. The van der Waals surface area contributed by atoms with Gasteiger partial charge in [0.2, 0.25) is 5.60 Å². The highest BCUT2D eigenvalue weighted by Crippen LogP contribution is 2.40. The number of anilines is 1. The quantitative estimate of drug-likeness (QED) is 0.399. The van der Waals surface area contributed by atoms with Gasteiger partial charge in [-0.2, -0.15) is 18.3 Å². The van der Waals surface area contributed by atoms with E-state index in [0.717, 1.165) is 6.07 Å². The fraction of sp³-hybridized carbons (Fsp3) is 0.174. The standard InChI is InChI=1S/C23H18F5N3O/c1-14-2-8-20(19(25)10-14)29-13-22(32,23(26,27)28)16-3-9-21-15(11-16)12-30-31(21)18-6-4-17(24)5-7-18/h2-12,29,32H,13H2,1H3. The summed E-state index contributed by atoms with van der Waals surface area (Å²) in [4.78, 5) is 0. The first-order valence-electron chi connectivity index (χ1n) is 9.62. The zero-order chi connectivity index (χ0) is 23.1. The largest absolute Gasteiger partial charge is 0.423 e. The normalized spacial score (nSPS) is 13.8. The molecular weight excluding hydrogens is 429 g/mol. The topological polar surface area (TPSA) is 50.1 Å². The summed E-state index contributed by atoms with van der Waals surface area (Å²) in [5, 5.41) is 17.5. The summed E-state index contributed by atoms with van der Waals surface area (Å²) in [5.74, 6) is -1.15. The molecule has 0 radical (unpaired) electrons. The first-order chi connectivity index (χ1) is 15.1. The van der Waals surface area contributed by atoms with Crippen LogP contribution in [0.25, 0.3) is 16.6 Å². The molecule has 0 aliphatic carbocycles. The van der Waals surface area contributed by atoms with Gasteiger partial charge in [0.15, 0.2) is 0 Å². The number of rotatable bonds is 5. The number of alkyl halides is 3. The Balaban J connectivity index is 1.70. The second kappa shape index (κ2) is 7.90. The second-order valence-corrected chi connectivity index (χ2v) is 7.50. The third-order valence-electron chi connectivity index (χ3n) is 5.24. The van der Waals surface area contributed by atoms with E-state index in [4.69, 9.17) is 0 Å². The number of benzene rings is 3. The van der Waals surface area contributed by atoms with Crippen LogP contribution in [0.2, 0.25) is 0 Å². The average Bonchev–Trinajstić information content (AvgIpc) is 3.16. The SMILES string of the molecule is Cc1ccc(NCC(O)(c2ccc3c(cnn3-c3ccc(F)cc3)c2)C(F)(F)F)c(F)c1. The van der Waals surface area contributed by atoms with Crippen molar-refractivity contribution in [3.63, 3.8) is 0 Å². The molecule has 3 aromatic carbocycles. The molecule has 4 nitrogen and oxygen atoms in total. The Morgan fingerprint density at radius 2 is 1.69 bits per heavy atom. The Bertz CT molecular complexity index is 1270. The van der Waals surface area contributed by atoms with E-state index in [2.05, 4.69) is 10.4 Å². The molecule has 0 aliphatic rings. The molecule has 0 bridgehead atoms. The summed E-state index contributed by atoms with van der Waals surface area (Å²) in [5.41, 5.74) is -2.24. The van der Waals surface area contributed by atoms with Gasteiger partial charge in [-0.3, -0.25) is 0 Å². The molecule has 0 amide bonds. The van der Waals surface area contributed by atoms with Crippen molar-refractivity contribution < 1.29 is 27.1 Å². The highest BCUT2D eigenvalue weighted by molar-refractivity contribution is 5.81. The number of nitrogens with one attached hydrogen (secondary N) is 1. The van der Waals surface area contributed by atoms with Crippen molar-refractivity contribution in [2.75, 3.05) is 11.9 Å². The molecule has 166 valence electrons. The van der Waals surface area contributed by atoms with Crippen LogP contribution in [0, 0.1) is 18.6 Å². The Morgan fingerprint density at radius 1 is 0.969 bits per heavy atom. The first kappa shape index (κ1) is 21.8. The van der Waals surface area contributed by atoms with Gasteiger partial charge in [0, 0.05) is 5.39 Å². The van der Waals surface area contributed by atoms with Gasteiger partial charge in [-0.1, -0.05) is 12.1 Å². The van der Waals surface area contributed by atoms with E-state index in [9.17, 15) is 27.1 Å². The minimum atomic E-state index is -5.04. The lowest BCUT2D eigenvalue weighted by atomic mass is 9.92. The van der Waals surface area contributed by atoms with E-state index < -0.39 is 35.5 Å². The molecule has 0 aliphatic heterocycles. The number of fused-ring (bicyclic) bond motifs is 1. The van der Waals surface area contributed by atoms with E-state index in [1.54, 1.807) is 13.0 Å². The summed E-state index contributed by atoms with van der Waals surface area (Å²) in [7, 11) is 0. The highest BCUT2D eigenvalue weighted by atomic mass is 19.4. The van der Waals surface area contributed by atoms with Crippen LogP contribution in [0.1, 0.15) is 11.1 Å². The minimum Gasteiger partial charge on any atom is -0.379 e. The molecule has 2 N–H and O–H groups in total. The fourth-order valence-electron chi connectivity index (χ4n) is 3.43. The number of hydrogen-bond acceptors (Lipinski definition) is 3. The smallest absolute Gasteiger partial charge is 0.379 e. The molecule has 1 atom stereocenters. The van der Waals surface area contributed by atoms with Crippen molar-refractivity contribution in [1.82, 2.24) is 9.78 Å². The number of hydrogen-bond donors (Lipinski definition) is 2. The lowest BCUT2D eigenvalue weighted by molar-refractivity contribution is -0.260. The molecular formula is C23H18F5N3O. The van der Waals surface area contributed by atoms with Gasteiger partial charge >= 0.3 is 6.18 Å². The second-order valence-electron chi connectivity index (χ2n) is 7.50. The van der Waals surface area contributed by atoms with Crippen molar-refractivity contribution >= 4 is 16.6 Å². The number of aryl methyl sites for hydroxylation is 1. The summed E-state index contributed by atoms with van der Waals surface area (Å²) in [6, 6.07) is 13.2. The van der Waals surface area contributed by atoms with Gasteiger partial charge in [-0.15, -0.1) is 0 Å². The molecule has 0 spiro atoms. The van der Waals surface area contributed by atoms with Crippen LogP contribution in [-0.2, 0) is 5.60 Å². The molecule has 1 aromatic heterocycles. The molecule has 0 saturated heterocycles. The lowest BCUT2D eigenvalue weighted by Gasteiger charge is -2.31. The van der Waals surface area contributed by atoms with Crippen molar-refractivity contribution in [2.45, 2.75) is 18.7 Å². The van der Waals surface area contributed by atoms with E-state index in [0.29, 0.717) is 22.2 Å². The summed E-state index contributed by atoms with van der Waals surface area (Å²) >= 11 is 0. The average molecular weight is 447 g/mol. The van der Waals surface area contributed by atoms with Crippen molar-refractivity contribution in [2.24, 2.45) is 0 Å². The van der Waals surface area contributed by atoms with Gasteiger partial charge in [-0.05, 0) is 66.6 Å². The first-order valence-corrected chi connectivity index (χ1v) is 9.62. The maximum absolute atomic E-state index is 14.1. The molecule has 4 aromatic rings. The van der Waals surface area contributed by atoms with Gasteiger partial charge in [0.05, 0.1) is 29.6 Å². The van der Waals surface area contributed by atoms with Crippen LogP contribution in [-0.4, -0.2) is 27.6 Å². The van der Waals surface area contributed by atoms with E-state index in [1.807, 2.05) is 0 Å². The minimum absolute atomic E-state index is 0.150. The van der Waals surface area contributed by atoms with Gasteiger partial charge in [0.25, 0.3) is 0 Å². The number of halogens is 5. The molecule has 0 fully saturated rings. The lowest BCUT2D eigenvalue weighted by Crippen LogP contribution is -2.47. The van der Waals surface area contributed by atoms with Crippen LogP contribution in [0.4, 0.5) is 27.6 Å². The zero-order valence-electron chi connectivity index (χ0n) is 16.8. The van der Waals surface area contributed by atoms with E-state index in [1.165, 1.54) is 59.4 Å². The zero-order valence-corrected chi connectivity index (χ0v) is 16.8. The van der Waals surface area contributed by atoms with Crippen LogP contribution in [0.3, 0.4) is 0 Å². The van der Waals surface area contributed by atoms with Crippen LogP contribution in [0.15, 0.2) is 66.9 Å². The number of nitrogens with zero attached hydrogens (tertiary/aromatic N) is 2. The fourth-order valence-corrected chi connectivity index (χ4v) is 3.43. The summed E-state index contributed by atoms with van der Waals surface area (Å²) in [6.45, 7) is 0.661. The Labute approximate surface area is 179 Å². The van der Waals surface area contributed by atoms with Crippen molar-refractivity contribution in [1.29, 1.82) is 0 Å². The molecule has 0 saturated carbocycles. The number of aliphatic hydroxyl groups is 1. The Hall–Kier alpha value is -3.46. The third-order valence-corrected chi connectivity index (χ3v) is 5.24. The molecule has 32 heavy (non-hydrogen) atoms. The number of aromatic nitrogens is 2.